The van der Waals surface area contributed by atoms with E-state index in [2.05, 4.69) is 16.8 Å². The maximum absolute atomic E-state index is 12.2. The first-order chi connectivity index (χ1) is 10.6. The fourth-order valence-corrected chi connectivity index (χ4v) is 4.87. The molecule has 0 amide bonds. The molecule has 0 radical (unpaired) electrons. The number of anilines is 1. The molecule has 2 heterocycles. The van der Waals surface area contributed by atoms with Crippen LogP contribution in [0.5, 0.6) is 0 Å². The highest BCUT2D eigenvalue weighted by molar-refractivity contribution is 7.15. The maximum atomic E-state index is 12.2. The summed E-state index contributed by atoms with van der Waals surface area (Å²) >= 11 is 1.63. The van der Waals surface area contributed by atoms with Crippen molar-refractivity contribution in [2.75, 3.05) is 25.4 Å². The van der Waals surface area contributed by atoms with Gasteiger partial charge in [0.05, 0.1) is 18.2 Å². The summed E-state index contributed by atoms with van der Waals surface area (Å²) in [6.07, 6.45) is 4.01. The van der Waals surface area contributed by atoms with Gasteiger partial charge < -0.3 is 10.5 Å². The van der Waals surface area contributed by atoms with Crippen LogP contribution in [0, 0.1) is 11.8 Å². The number of fused-ring (bicyclic) bond motifs is 2. The van der Waals surface area contributed by atoms with Crippen molar-refractivity contribution in [2.45, 2.75) is 45.6 Å². The molecule has 0 saturated carbocycles. The zero-order valence-corrected chi connectivity index (χ0v) is 14.2. The van der Waals surface area contributed by atoms with Crippen molar-refractivity contribution < 1.29 is 9.53 Å². The topological polar surface area (TPSA) is 68.5 Å². The Morgan fingerprint density at radius 1 is 1.45 bits per heavy atom. The zero-order chi connectivity index (χ0) is 15.7. The standard InChI is InChI=1S/C16H25N3O2S/c1-3-5-19-9-11(15(20)21-4-2)6-10-7-12-14(8-13(10)19)22-16(17)18-12/h10-11,13H,3-9H2,1-2H3,(H2,17,18)/t10-,11+,13-/m0/s1. The lowest BCUT2D eigenvalue weighted by atomic mass is 9.75. The SMILES string of the molecule is CCCN1C[C@H](C(=O)OCC)C[C@H]2Cc3nc(N)sc3C[C@@H]21. The van der Waals surface area contributed by atoms with Crippen LogP contribution in [0.3, 0.4) is 0 Å². The fraction of sp³-hybridized carbons (Fsp3) is 0.750. The van der Waals surface area contributed by atoms with Crippen LogP contribution in [0.4, 0.5) is 5.13 Å². The molecule has 1 aliphatic heterocycles. The summed E-state index contributed by atoms with van der Waals surface area (Å²) in [6.45, 7) is 6.41. The van der Waals surface area contributed by atoms with Gasteiger partial charge in [0.25, 0.3) is 0 Å². The quantitative estimate of drug-likeness (QED) is 0.860. The van der Waals surface area contributed by atoms with Crippen molar-refractivity contribution in [3.63, 3.8) is 0 Å². The van der Waals surface area contributed by atoms with Crippen molar-refractivity contribution in [3.8, 4) is 0 Å². The minimum Gasteiger partial charge on any atom is -0.466 e. The average molecular weight is 323 g/mol. The third kappa shape index (κ3) is 2.99. The lowest BCUT2D eigenvalue weighted by Gasteiger charge is -2.46. The molecule has 0 spiro atoms. The second kappa shape index (κ2) is 6.54. The first kappa shape index (κ1) is 15.7. The number of carbonyl (C=O) groups is 1. The van der Waals surface area contributed by atoms with Crippen LogP contribution >= 0.6 is 11.3 Å². The Balaban J connectivity index is 1.80. The van der Waals surface area contributed by atoms with E-state index in [4.69, 9.17) is 10.5 Å². The molecule has 1 aromatic heterocycles. The third-order valence-electron chi connectivity index (χ3n) is 4.83. The summed E-state index contributed by atoms with van der Waals surface area (Å²) in [7, 11) is 0. The zero-order valence-electron chi connectivity index (χ0n) is 13.4. The van der Waals surface area contributed by atoms with E-state index in [1.807, 2.05) is 6.92 Å². The van der Waals surface area contributed by atoms with E-state index in [1.54, 1.807) is 11.3 Å². The van der Waals surface area contributed by atoms with Crippen molar-refractivity contribution >= 4 is 22.4 Å². The second-order valence-corrected chi connectivity index (χ2v) is 7.45. The molecule has 0 aromatic carbocycles. The van der Waals surface area contributed by atoms with Crippen molar-refractivity contribution in [1.82, 2.24) is 9.88 Å². The predicted molar refractivity (Wildman–Crippen MR) is 87.8 cm³/mol. The predicted octanol–water partition coefficient (Wildman–Crippen LogP) is 2.10. The molecule has 1 aliphatic carbocycles. The van der Waals surface area contributed by atoms with E-state index in [0.717, 1.165) is 44.5 Å². The molecule has 22 heavy (non-hydrogen) atoms. The molecule has 2 N–H and O–H groups in total. The van der Waals surface area contributed by atoms with Gasteiger partial charge in [0.15, 0.2) is 5.13 Å². The van der Waals surface area contributed by atoms with E-state index < -0.39 is 0 Å². The Morgan fingerprint density at radius 3 is 3.00 bits per heavy atom. The summed E-state index contributed by atoms with van der Waals surface area (Å²) in [5.74, 6) is 0.458. The maximum Gasteiger partial charge on any atom is 0.310 e. The molecule has 122 valence electrons. The van der Waals surface area contributed by atoms with Crippen LogP contribution in [0.25, 0.3) is 0 Å². The molecule has 3 rings (SSSR count). The lowest BCUT2D eigenvalue weighted by Crippen LogP contribution is -2.53. The first-order valence-corrected chi connectivity index (χ1v) is 9.08. The number of aromatic nitrogens is 1. The monoisotopic (exact) mass is 323 g/mol. The summed E-state index contributed by atoms with van der Waals surface area (Å²) in [5.41, 5.74) is 7.03. The molecule has 1 saturated heterocycles. The van der Waals surface area contributed by atoms with Crippen LogP contribution in [-0.4, -0.2) is 41.6 Å². The number of esters is 1. The fourth-order valence-electron chi connectivity index (χ4n) is 3.96. The lowest BCUT2D eigenvalue weighted by molar-refractivity contribution is -0.152. The summed E-state index contributed by atoms with van der Waals surface area (Å²) in [4.78, 5) is 20.5. The van der Waals surface area contributed by atoms with Gasteiger partial charge in [0, 0.05) is 17.5 Å². The van der Waals surface area contributed by atoms with E-state index >= 15 is 0 Å². The molecular weight excluding hydrogens is 298 g/mol. The summed E-state index contributed by atoms with van der Waals surface area (Å²) in [5, 5.41) is 0.674. The Labute approximate surface area is 135 Å². The number of nitrogen functional groups attached to an aromatic ring is 1. The Hall–Kier alpha value is -1.14. The van der Waals surface area contributed by atoms with E-state index in [1.165, 1.54) is 4.88 Å². The van der Waals surface area contributed by atoms with Crippen LogP contribution in [0.1, 0.15) is 37.3 Å². The minimum absolute atomic E-state index is 0.00489. The van der Waals surface area contributed by atoms with Gasteiger partial charge in [-0.3, -0.25) is 9.69 Å². The van der Waals surface area contributed by atoms with Gasteiger partial charge in [0.1, 0.15) is 0 Å². The van der Waals surface area contributed by atoms with Crippen molar-refractivity contribution in [2.24, 2.45) is 11.8 Å². The second-order valence-electron chi connectivity index (χ2n) is 6.34. The number of likely N-dealkylation sites (tertiary alicyclic amines) is 1. The largest absolute Gasteiger partial charge is 0.466 e. The highest BCUT2D eigenvalue weighted by atomic mass is 32.1. The number of hydrogen-bond donors (Lipinski definition) is 1. The minimum atomic E-state index is -0.0364. The van der Waals surface area contributed by atoms with Crippen molar-refractivity contribution in [3.05, 3.63) is 10.6 Å². The molecule has 3 atom stereocenters. The Kier molecular flexibility index (Phi) is 4.68. The summed E-state index contributed by atoms with van der Waals surface area (Å²) < 4.78 is 5.26. The highest BCUT2D eigenvalue weighted by Crippen LogP contribution is 2.39. The molecule has 5 nitrogen and oxygen atoms in total. The number of thiazole rings is 1. The number of ether oxygens (including phenoxy) is 1. The van der Waals surface area contributed by atoms with Gasteiger partial charge >= 0.3 is 5.97 Å². The smallest absolute Gasteiger partial charge is 0.310 e. The molecular formula is C16H25N3O2S. The van der Waals surface area contributed by atoms with Crippen LogP contribution < -0.4 is 5.73 Å². The number of hydrogen-bond acceptors (Lipinski definition) is 6. The Morgan fingerprint density at radius 2 is 2.27 bits per heavy atom. The van der Waals surface area contributed by atoms with Gasteiger partial charge in [0.2, 0.25) is 0 Å². The van der Waals surface area contributed by atoms with E-state index in [9.17, 15) is 4.79 Å². The molecule has 1 fully saturated rings. The van der Waals surface area contributed by atoms with E-state index in [0.29, 0.717) is 23.7 Å². The number of rotatable bonds is 4. The summed E-state index contributed by atoms with van der Waals surface area (Å²) in [6, 6.07) is 0.526. The number of nitrogens with zero attached hydrogens (tertiary/aromatic N) is 2. The van der Waals surface area contributed by atoms with Gasteiger partial charge in [-0.25, -0.2) is 4.98 Å². The van der Waals surface area contributed by atoms with Crippen LogP contribution in [-0.2, 0) is 22.4 Å². The highest BCUT2D eigenvalue weighted by Gasteiger charge is 2.42. The van der Waals surface area contributed by atoms with Gasteiger partial charge in [-0.05, 0) is 45.1 Å². The first-order valence-electron chi connectivity index (χ1n) is 8.27. The molecule has 0 unspecified atom stereocenters. The average Bonchev–Trinajstić information content (AvgIpc) is 2.84. The third-order valence-corrected chi connectivity index (χ3v) is 5.78. The van der Waals surface area contributed by atoms with Gasteiger partial charge in [-0.2, -0.15) is 0 Å². The molecule has 6 heteroatoms. The molecule has 1 aromatic rings. The molecule has 0 bridgehead atoms. The number of carbonyl (C=O) groups excluding carboxylic acids is 1. The number of nitrogens with two attached hydrogens (primary N) is 1. The van der Waals surface area contributed by atoms with Crippen molar-refractivity contribution in [1.29, 1.82) is 0 Å². The van der Waals surface area contributed by atoms with Gasteiger partial charge in [-0.15, -0.1) is 11.3 Å². The molecule has 2 aliphatic rings. The number of piperidine rings is 1. The Bertz CT molecular complexity index is 545. The van der Waals surface area contributed by atoms with Crippen LogP contribution in [0.15, 0.2) is 0 Å². The van der Waals surface area contributed by atoms with E-state index in [-0.39, 0.29) is 11.9 Å². The van der Waals surface area contributed by atoms with Crippen LogP contribution in [0.2, 0.25) is 0 Å². The van der Waals surface area contributed by atoms with Gasteiger partial charge in [-0.1, -0.05) is 6.92 Å². The normalized spacial score (nSPS) is 28.0.